The number of amides is 2. The number of hydrogen-bond donors (Lipinski definition) is 2. The molecule has 2 amide bonds. The largest absolute Gasteiger partial charge is 0.496 e. The maximum absolute atomic E-state index is 13.6. The number of para-hydroxylation sites is 1. The topological polar surface area (TPSA) is 109 Å². The third kappa shape index (κ3) is 3.55. The second-order valence-corrected chi connectivity index (χ2v) is 8.96. The van der Waals surface area contributed by atoms with Crippen molar-refractivity contribution in [2.45, 2.75) is 24.5 Å². The zero-order valence-electron chi connectivity index (χ0n) is 17.9. The molecule has 0 bridgehead atoms. The van der Waals surface area contributed by atoms with E-state index in [0.29, 0.717) is 22.8 Å². The molecule has 1 aromatic heterocycles. The van der Waals surface area contributed by atoms with Gasteiger partial charge in [0.05, 0.1) is 31.2 Å². The van der Waals surface area contributed by atoms with Gasteiger partial charge in [-0.25, -0.2) is 0 Å². The smallest absolute Gasteiger partial charge is 0.324 e. The fraction of sp³-hybridized carbons (Fsp3) is 0.391. The van der Waals surface area contributed by atoms with Crippen LogP contribution in [-0.2, 0) is 20.9 Å². The summed E-state index contributed by atoms with van der Waals surface area (Å²) in [4.78, 5) is 45.1. The Hall–Kier alpha value is -2.91. The molecule has 0 spiro atoms. The van der Waals surface area contributed by atoms with E-state index in [1.165, 1.54) is 18.9 Å². The van der Waals surface area contributed by atoms with Crippen molar-refractivity contribution in [3.05, 3.63) is 59.9 Å². The Balaban J connectivity index is 1.80. The SMILES string of the molecule is COc1ccccc1C1NC(CCSC)(C(=O)O)C2C(=O)N(Cc3ccccn3)C(=O)C12. The van der Waals surface area contributed by atoms with E-state index in [0.717, 1.165) is 4.90 Å². The molecule has 2 aliphatic rings. The van der Waals surface area contributed by atoms with E-state index >= 15 is 0 Å². The number of fused-ring (bicyclic) bond motifs is 1. The maximum Gasteiger partial charge on any atom is 0.324 e. The van der Waals surface area contributed by atoms with Gasteiger partial charge in [-0.15, -0.1) is 0 Å². The summed E-state index contributed by atoms with van der Waals surface area (Å²) < 4.78 is 5.49. The highest BCUT2D eigenvalue weighted by Gasteiger charge is 2.68. The Morgan fingerprint density at radius 3 is 2.62 bits per heavy atom. The number of carboxylic acid groups (broad SMARTS) is 1. The van der Waals surface area contributed by atoms with Gasteiger partial charge in [-0.1, -0.05) is 24.3 Å². The number of likely N-dealkylation sites (tertiary alicyclic amines) is 1. The number of carboxylic acids is 1. The van der Waals surface area contributed by atoms with Crippen molar-refractivity contribution in [2.24, 2.45) is 11.8 Å². The fourth-order valence-corrected chi connectivity index (χ4v) is 5.38. The molecule has 32 heavy (non-hydrogen) atoms. The highest BCUT2D eigenvalue weighted by atomic mass is 32.2. The molecular weight excluding hydrogens is 430 g/mol. The summed E-state index contributed by atoms with van der Waals surface area (Å²) in [5.74, 6) is -2.78. The Morgan fingerprint density at radius 1 is 1.22 bits per heavy atom. The highest BCUT2D eigenvalue weighted by Crippen LogP contribution is 2.51. The van der Waals surface area contributed by atoms with E-state index in [2.05, 4.69) is 10.3 Å². The van der Waals surface area contributed by atoms with Gasteiger partial charge in [0, 0.05) is 17.8 Å². The average Bonchev–Trinajstić information content (AvgIpc) is 3.28. The maximum atomic E-state index is 13.6. The first-order valence-corrected chi connectivity index (χ1v) is 11.7. The van der Waals surface area contributed by atoms with Crippen molar-refractivity contribution in [2.75, 3.05) is 19.1 Å². The van der Waals surface area contributed by atoms with Gasteiger partial charge in [-0.2, -0.15) is 11.8 Å². The summed E-state index contributed by atoms with van der Waals surface area (Å²) in [5, 5.41) is 13.5. The number of methoxy groups -OCH3 is 1. The number of carbonyl (C=O) groups is 3. The van der Waals surface area contributed by atoms with Crippen LogP contribution < -0.4 is 10.1 Å². The molecular formula is C23H25N3O5S. The third-order valence-electron chi connectivity index (χ3n) is 6.35. The lowest BCUT2D eigenvalue weighted by Gasteiger charge is -2.31. The number of hydrogen-bond acceptors (Lipinski definition) is 7. The lowest BCUT2D eigenvalue weighted by Crippen LogP contribution is -2.56. The number of nitrogens with one attached hydrogen (secondary N) is 1. The quantitative estimate of drug-likeness (QED) is 0.583. The number of rotatable bonds is 8. The number of benzene rings is 1. The second-order valence-electron chi connectivity index (χ2n) is 7.97. The number of nitrogens with zero attached hydrogens (tertiary/aromatic N) is 2. The zero-order chi connectivity index (χ0) is 22.9. The van der Waals surface area contributed by atoms with Crippen LogP contribution in [-0.4, -0.2) is 57.4 Å². The molecule has 1 aromatic carbocycles. The van der Waals surface area contributed by atoms with E-state index in [9.17, 15) is 19.5 Å². The lowest BCUT2D eigenvalue weighted by molar-refractivity contribution is -0.151. The number of ether oxygens (including phenoxy) is 1. The van der Waals surface area contributed by atoms with Gasteiger partial charge in [0.25, 0.3) is 0 Å². The minimum absolute atomic E-state index is 0.0162. The predicted molar refractivity (Wildman–Crippen MR) is 119 cm³/mol. The van der Waals surface area contributed by atoms with Crippen molar-refractivity contribution >= 4 is 29.5 Å². The molecule has 4 unspecified atom stereocenters. The number of thioether (sulfide) groups is 1. The Bertz CT molecular complexity index is 1030. The Kier molecular flexibility index (Phi) is 6.21. The van der Waals surface area contributed by atoms with Crippen molar-refractivity contribution in [3.63, 3.8) is 0 Å². The summed E-state index contributed by atoms with van der Waals surface area (Å²) in [5.41, 5.74) is -0.315. The van der Waals surface area contributed by atoms with E-state index < -0.39 is 35.3 Å². The summed E-state index contributed by atoms with van der Waals surface area (Å²) in [6.07, 6.45) is 3.70. The van der Waals surface area contributed by atoms with Gasteiger partial charge in [-0.05, 0) is 36.6 Å². The van der Waals surface area contributed by atoms with Gasteiger partial charge in [-0.3, -0.25) is 29.6 Å². The van der Waals surface area contributed by atoms with Crippen molar-refractivity contribution in [1.82, 2.24) is 15.2 Å². The van der Waals surface area contributed by atoms with Crippen molar-refractivity contribution in [3.8, 4) is 5.75 Å². The van der Waals surface area contributed by atoms with Crippen LogP contribution in [0.5, 0.6) is 5.75 Å². The molecule has 4 atom stereocenters. The molecule has 168 valence electrons. The van der Waals surface area contributed by atoms with Crippen LogP contribution in [0, 0.1) is 11.8 Å². The van der Waals surface area contributed by atoms with Crippen molar-refractivity contribution in [1.29, 1.82) is 0 Å². The molecule has 2 aromatic rings. The van der Waals surface area contributed by atoms with E-state index in [1.807, 2.05) is 18.4 Å². The summed E-state index contributed by atoms with van der Waals surface area (Å²) in [6, 6.07) is 11.8. The molecule has 3 heterocycles. The van der Waals surface area contributed by atoms with Gasteiger partial charge in [0.15, 0.2) is 0 Å². The second kappa shape index (κ2) is 8.91. The number of imide groups is 1. The standard InChI is InChI=1S/C23H25N3O5S/c1-31-16-9-4-3-8-15(16)19-17-18(23(25-19,22(29)30)10-12-32-2)21(28)26(20(17)27)13-14-7-5-6-11-24-14/h3-9,11,17-19,25H,10,12-13H2,1-2H3,(H,29,30). The van der Waals surface area contributed by atoms with Crippen LogP contribution in [0.3, 0.4) is 0 Å². The Labute approximate surface area is 190 Å². The van der Waals surface area contributed by atoms with E-state index in [4.69, 9.17) is 4.74 Å². The first-order chi connectivity index (χ1) is 15.4. The van der Waals surface area contributed by atoms with Crippen LogP contribution in [0.4, 0.5) is 0 Å². The Morgan fingerprint density at radius 2 is 1.97 bits per heavy atom. The molecule has 2 fully saturated rings. The van der Waals surface area contributed by atoms with Crippen LogP contribution in [0.1, 0.15) is 23.7 Å². The van der Waals surface area contributed by atoms with Crippen LogP contribution in [0.25, 0.3) is 0 Å². The minimum Gasteiger partial charge on any atom is -0.496 e. The number of carbonyl (C=O) groups excluding carboxylic acids is 2. The lowest BCUT2D eigenvalue weighted by atomic mass is 9.78. The van der Waals surface area contributed by atoms with Crippen LogP contribution in [0.15, 0.2) is 48.7 Å². The van der Waals surface area contributed by atoms with Crippen molar-refractivity contribution < 1.29 is 24.2 Å². The number of aromatic nitrogens is 1. The minimum atomic E-state index is -1.55. The monoisotopic (exact) mass is 455 g/mol. The molecule has 2 saturated heterocycles. The highest BCUT2D eigenvalue weighted by molar-refractivity contribution is 7.98. The van der Waals surface area contributed by atoms with Gasteiger partial charge in [0.2, 0.25) is 11.8 Å². The molecule has 9 heteroatoms. The van der Waals surface area contributed by atoms with Gasteiger partial charge < -0.3 is 9.84 Å². The zero-order valence-corrected chi connectivity index (χ0v) is 18.7. The normalized spacial score (nSPS) is 26.9. The average molecular weight is 456 g/mol. The third-order valence-corrected chi connectivity index (χ3v) is 6.96. The predicted octanol–water partition coefficient (Wildman–Crippen LogP) is 2.11. The molecule has 2 aliphatic heterocycles. The first-order valence-electron chi connectivity index (χ1n) is 10.3. The summed E-state index contributed by atoms with van der Waals surface area (Å²) >= 11 is 1.50. The number of pyridine rings is 1. The van der Waals surface area contributed by atoms with Crippen LogP contribution >= 0.6 is 11.8 Å². The molecule has 4 rings (SSSR count). The molecule has 8 nitrogen and oxygen atoms in total. The molecule has 2 N–H and O–H groups in total. The molecule has 0 saturated carbocycles. The fourth-order valence-electron chi connectivity index (χ4n) is 4.86. The summed E-state index contributed by atoms with van der Waals surface area (Å²) in [7, 11) is 1.53. The molecule has 0 aliphatic carbocycles. The van der Waals surface area contributed by atoms with E-state index in [1.54, 1.807) is 36.5 Å². The molecule has 0 radical (unpaired) electrons. The summed E-state index contributed by atoms with van der Waals surface area (Å²) in [6.45, 7) is 0.0162. The van der Waals surface area contributed by atoms with Crippen LogP contribution in [0.2, 0.25) is 0 Å². The van der Waals surface area contributed by atoms with Gasteiger partial charge >= 0.3 is 5.97 Å². The number of aliphatic carboxylic acids is 1. The van der Waals surface area contributed by atoms with E-state index in [-0.39, 0.29) is 18.9 Å². The first kappa shape index (κ1) is 22.3. The van der Waals surface area contributed by atoms with Gasteiger partial charge in [0.1, 0.15) is 11.3 Å².